The van der Waals surface area contributed by atoms with Crippen LogP contribution in [0.4, 0.5) is 10.5 Å². The van der Waals surface area contributed by atoms with Crippen molar-refractivity contribution in [2.75, 3.05) is 30.3 Å². The number of carbonyl (C=O) groups excluding carboxylic acids is 1. The molecule has 2 heterocycles. The average Bonchev–Trinajstić information content (AvgIpc) is 3.01. The van der Waals surface area contributed by atoms with E-state index in [4.69, 9.17) is 0 Å². The Balaban J connectivity index is 1.56. The monoisotopic (exact) mass is 349 g/mol. The van der Waals surface area contributed by atoms with Crippen LogP contribution in [0, 0.1) is 0 Å². The minimum atomic E-state index is -0.822. The summed E-state index contributed by atoms with van der Waals surface area (Å²) in [6.07, 6.45) is 1.07. The predicted octanol–water partition coefficient (Wildman–Crippen LogP) is 1.99. The third kappa shape index (κ3) is 3.29. The molecule has 24 heavy (non-hydrogen) atoms. The highest BCUT2D eigenvalue weighted by molar-refractivity contribution is 7.85. The smallest absolute Gasteiger partial charge is 0.317 e. The zero-order valence-electron chi connectivity index (χ0n) is 14.7. The molecule has 0 aromatic heterocycles. The predicted molar refractivity (Wildman–Crippen MR) is 99.0 cm³/mol. The van der Waals surface area contributed by atoms with Crippen molar-refractivity contribution in [3.05, 3.63) is 29.8 Å². The van der Waals surface area contributed by atoms with Crippen LogP contribution in [-0.4, -0.2) is 57.9 Å². The number of para-hydroxylation sites is 1. The van der Waals surface area contributed by atoms with E-state index in [2.05, 4.69) is 41.4 Å². The molecule has 6 heteroatoms. The number of hydrogen-bond donors (Lipinski definition) is 1. The number of benzene rings is 1. The molecule has 2 aliphatic rings. The Morgan fingerprint density at radius 3 is 2.88 bits per heavy atom. The summed E-state index contributed by atoms with van der Waals surface area (Å²) in [5, 5.41) is 3.11. The molecular weight excluding hydrogens is 322 g/mol. The van der Waals surface area contributed by atoms with Crippen LogP contribution in [0.2, 0.25) is 0 Å². The minimum Gasteiger partial charge on any atom is -0.366 e. The van der Waals surface area contributed by atoms with Gasteiger partial charge in [0.2, 0.25) is 0 Å². The lowest BCUT2D eigenvalue weighted by atomic mass is 10.2. The molecule has 1 aromatic carbocycles. The SMILES string of the molecule is C[C@@H]1[C@H](C)[S@@](=O)CCN1C(=O)NC[C@H](C)N1CCc2ccccc21. The van der Waals surface area contributed by atoms with Crippen LogP contribution in [0.25, 0.3) is 0 Å². The van der Waals surface area contributed by atoms with Gasteiger partial charge in [-0.05, 0) is 38.8 Å². The molecule has 0 radical (unpaired) electrons. The second-order valence-electron chi connectivity index (χ2n) is 6.83. The number of urea groups is 1. The Hall–Kier alpha value is -1.56. The van der Waals surface area contributed by atoms with E-state index in [0.29, 0.717) is 18.8 Å². The first-order valence-electron chi connectivity index (χ1n) is 8.75. The maximum absolute atomic E-state index is 12.5. The zero-order valence-corrected chi connectivity index (χ0v) is 15.5. The Bertz CT molecular complexity index is 636. The molecule has 0 saturated carbocycles. The molecule has 0 bridgehead atoms. The van der Waals surface area contributed by atoms with Crippen molar-refractivity contribution in [3.63, 3.8) is 0 Å². The standard InChI is InChI=1S/C18H27N3O2S/c1-13(20-9-8-16-6-4-5-7-17(16)20)12-19-18(22)21-10-11-24(23)15(3)14(21)2/h4-7,13-15H,8-12H2,1-3H3,(H,19,22)/t13-,14+,15-,24-/m0/s1. The number of rotatable bonds is 3. The molecule has 5 nitrogen and oxygen atoms in total. The van der Waals surface area contributed by atoms with Gasteiger partial charge in [0.05, 0.1) is 5.25 Å². The normalized spacial score (nSPS) is 27.7. The van der Waals surface area contributed by atoms with Crippen LogP contribution in [-0.2, 0) is 17.2 Å². The largest absolute Gasteiger partial charge is 0.366 e. The third-order valence-electron chi connectivity index (χ3n) is 5.38. The Kier molecular flexibility index (Phi) is 5.13. The van der Waals surface area contributed by atoms with Gasteiger partial charge in [0.15, 0.2) is 0 Å². The van der Waals surface area contributed by atoms with Crippen molar-refractivity contribution < 1.29 is 9.00 Å². The van der Waals surface area contributed by atoms with Gasteiger partial charge >= 0.3 is 6.03 Å². The third-order valence-corrected chi connectivity index (χ3v) is 7.19. The number of carbonyl (C=O) groups is 1. The summed E-state index contributed by atoms with van der Waals surface area (Å²) < 4.78 is 11.9. The molecule has 1 aromatic rings. The van der Waals surface area contributed by atoms with E-state index in [1.54, 1.807) is 0 Å². The molecule has 0 aliphatic carbocycles. The molecule has 0 unspecified atom stereocenters. The van der Waals surface area contributed by atoms with E-state index in [1.165, 1.54) is 11.3 Å². The Labute approximate surface area is 146 Å². The van der Waals surface area contributed by atoms with Crippen LogP contribution < -0.4 is 10.2 Å². The quantitative estimate of drug-likeness (QED) is 0.908. The highest BCUT2D eigenvalue weighted by atomic mass is 32.2. The van der Waals surface area contributed by atoms with Crippen LogP contribution in [0.3, 0.4) is 0 Å². The molecule has 3 rings (SSSR count). The summed E-state index contributed by atoms with van der Waals surface area (Å²) in [5.74, 6) is 0.577. The fraction of sp³-hybridized carbons (Fsp3) is 0.611. The maximum Gasteiger partial charge on any atom is 0.317 e. The Morgan fingerprint density at radius 1 is 1.33 bits per heavy atom. The van der Waals surface area contributed by atoms with Crippen molar-refractivity contribution in [1.29, 1.82) is 0 Å². The lowest BCUT2D eigenvalue weighted by Gasteiger charge is -2.37. The fourth-order valence-corrected chi connectivity index (χ4v) is 4.94. The van der Waals surface area contributed by atoms with Crippen molar-refractivity contribution in [2.45, 2.75) is 44.5 Å². The molecule has 1 saturated heterocycles. The highest BCUT2D eigenvalue weighted by Crippen LogP contribution is 2.28. The number of hydrogen-bond acceptors (Lipinski definition) is 3. The van der Waals surface area contributed by atoms with Gasteiger partial charge in [-0.25, -0.2) is 4.79 Å². The Morgan fingerprint density at radius 2 is 2.08 bits per heavy atom. The molecule has 2 amide bonds. The van der Waals surface area contributed by atoms with Gasteiger partial charge in [-0.3, -0.25) is 4.21 Å². The highest BCUT2D eigenvalue weighted by Gasteiger charge is 2.33. The van der Waals surface area contributed by atoms with Crippen molar-refractivity contribution >= 4 is 22.5 Å². The minimum absolute atomic E-state index is 0.0161. The summed E-state index contributed by atoms with van der Waals surface area (Å²) >= 11 is 0. The molecule has 1 N–H and O–H groups in total. The van der Waals surface area contributed by atoms with Crippen molar-refractivity contribution in [3.8, 4) is 0 Å². The summed E-state index contributed by atoms with van der Waals surface area (Å²) in [6.45, 7) is 8.30. The van der Waals surface area contributed by atoms with Gasteiger partial charge in [0.1, 0.15) is 0 Å². The van der Waals surface area contributed by atoms with Gasteiger partial charge in [-0.2, -0.15) is 0 Å². The second kappa shape index (κ2) is 7.13. The lowest BCUT2D eigenvalue weighted by molar-refractivity contribution is 0.179. The summed E-state index contributed by atoms with van der Waals surface area (Å²) in [4.78, 5) is 16.7. The van der Waals surface area contributed by atoms with Gasteiger partial charge < -0.3 is 15.1 Å². The number of nitrogens with zero attached hydrogens (tertiary/aromatic N) is 2. The number of nitrogens with one attached hydrogen (secondary N) is 1. The van der Waals surface area contributed by atoms with Crippen LogP contribution in [0.1, 0.15) is 26.3 Å². The fourth-order valence-electron chi connectivity index (χ4n) is 3.61. The molecular formula is C18H27N3O2S. The lowest BCUT2D eigenvalue weighted by Crippen LogP contribution is -2.56. The molecule has 2 aliphatic heterocycles. The topological polar surface area (TPSA) is 52.7 Å². The van der Waals surface area contributed by atoms with E-state index < -0.39 is 10.8 Å². The average molecular weight is 350 g/mol. The van der Waals surface area contributed by atoms with E-state index in [9.17, 15) is 9.00 Å². The maximum atomic E-state index is 12.5. The number of amides is 2. The van der Waals surface area contributed by atoms with E-state index in [1.807, 2.05) is 18.7 Å². The van der Waals surface area contributed by atoms with E-state index in [0.717, 1.165) is 13.0 Å². The van der Waals surface area contributed by atoms with Crippen LogP contribution in [0.15, 0.2) is 24.3 Å². The van der Waals surface area contributed by atoms with Crippen molar-refractivity contribution in [1.82, 2.24) is 10.2 Å². The van der Waals surface area contributed by atoms with Gasteiger partial charge in [-0.15, -0.1) is 0 Å². The molecule has 132 valence electrons. The van der Waals surface area contributed by atoms with Gasteiger partial charge in [-0.1, -0.05) is 18.2 Å². The first kappa shape index (κ1) is 17.3. The van der Waals surface area contributed by atoms with Crippen molar-refractivity contribution in [2.24, 2.45) is 0 Å². The molecule has 0 spiro atoms. The van der Waals surface area contributed by atoms with Crippen LogP contribution in [0.5, 0.6) is 0 Å². The first-order chi connectivity index (χ1) is 11.5. The first-order valence-corrected chi connectivity index (χ1v) is 10.1. The van der Waals surface area contributed by atoms with Crippen LogP contribution >= 0.6 is 0 Å². The van der Waals surface area contributed by atoms with E-state index >= 15 is 0 Å². The number of fused-ring (bicyclic) bond motifs is 1. The van der Waals surface area contributed by atoms with E-state index in [-0.39, 0.29) is 23.4 Å². The molecule has 4 atom stereocenters. The summed E-state index contributed by atoms with van der Waals surface area (Å²) in [6, 6.07) is 8.72. The zero-order chi connectivity index (χ0) is 17.3. The molecule has 1 fully saturated rings. The number of anilines is 1. The summed E-state index contributed by atoms with van der Waals surface area (Å²) in [7, 11) is -0.822. The second-order valence-corrected chi connectivity index (χ2v) is 8.74. The summed E-state index contributed by atoms with van der Waals surface area (Å²) in [5.41, 5.74) is 2.67. The van der Waals surface area contributed by atoms with Gasteiger partial charge in [0, 0.05) is 54.0 Å². The van der Waals surface area contributed by atoms with Gasteiger partial charge in [0.25, 0.3) is 0 Å².